The van der Waals surface area contributed by atoms with Crippen molar-refractivity contribution in [1.29, 1.82) is 0 Å². The summed E-state index contributed by atoms with van der Waals surface area (Å²) in [4.78, 5) is 0. The number of rotatable bonds is 0. The molecule has 0 amide bonds. The minimum absolute atomic E-state index is 0. The zero-order valence-electron chi connectivity index (χ0n) is 50.1. The van der Waals surface area contributed by atoms with E-state index < -0.39 is 5.41 Å². The van der Waals surface area contributed by atoms with Crippen LogP contribution in [-0.4, -0.2) is 0 Å². The second kappa shape index (κ2) is 541. The molecule has 0 atom stereocenters. The van der Waals surface area contributed by atoms with Gasteiger partial charge < -0.3 is 85.1 Å². The first-order valence-electron chi connectivity index (χ1n) is 5.41. The molecule has 0 rings (SSSR count). The van der Waals surface area contributed by atoms with Crippen LogP contribution in [0.4, 0.5) is 0 Å². The maximum Gasteiger partial charge on any atom is 0 e. The van der Waals surface area contributed by atoms with Crippen LogP contribution in [-0.2, 0) is 1800 Å². The SMILES string of the molecule is CC.CC.CC.CC.[CH2-]C([CH2-])([CH2-])[CH2-].[CH3-].[CH3-].[CH3-].[CH3-].[CH3-].[CH3-].[CH3-].[Y].[Y].[Y].[Y].[Y].[Y].[Y].[Y].[Y].[Y].[Y].[Y].[Y].[Y].[Y].[Y].[Y].[Y].[Y].[Y].[Y].[Y].[Y].[Y].[Y].[Y].[Y].[Y].[Y].[Y].[Y].[Y].[Y].[Y].[Y].[Y].[Y].[Y].[Y].[Y].[Y].[Y].[Y].[Y].[Y].[Y].[Y].[Y].[Y].[Y].[Y].[Y].[Y].[Y].[Y]. The van der Waals surface area contributed by atoms with E-state index in [2.05, 4.69) is 27.7 Å². The Kier molecular flexibility index (Phi) is 3760. The third-order valence-electron chi connectivity index (χ3n) is 0. The minimum Gasteiger partial charge on any atom is -0.584 e. The van der Waals surface area contributed by atoms with E-state index in [1.54, 1.807) is 0 Å². The van der Waals surface area contributed by atoms with Crippen molar-refractivity contribution in [3.63, 3.8) is 0 Å². The average molecular weight is 5180 g/mol. The van der Waals surface area contributed by atoms with Crippen LogP contribution < -0.4 is 0 Å². The van der Waals surface area contributed by atoms with E-state index in [4.69, 9.17) is 0 Å². The van der Waals surface area contributed by atoms with E-state index in [1.807, 2.05) is 55.4 Å². The molecule has 0 spiro atoms. The van der Waals surface area contributed by atoms with E-state index in [-0.39, 0.29) is 1850 Å². The number of hydrogen-bond acceptors (Lipinski definition) is 0. The molecule has 309 valence electrons. The molecule has 0 aromatic rings. The van der Waals surface area contributed by atoms with Gasteiger partial charge in [-0.3, -0.25) is 0 Å². The Morgan fingerprint density at radius 3 is 0.107 bits per heavy atom. The summed E-state index contributed by atoms with van der Waals surface area (Å²) in [5, 5.41) is 0. The van der Waals surface area contributed by atoms with Crippen molar-refractivity contribution in [2.75, 3.05) is 0 Å². The van der Waals surface area contributed by atoms with Crippen molar-refractivity contribution < 1.29 is 1800 Å². The van der Waals surface area contributed by atoms with E-state index in [0.29, 0.717) is 0 Å². The second-order valence-corrected chi connectivity index (χ2v) is 1.50. The molecular weight excluding hydrogens is 5130 g/mol. The summed E-state index contributed by atoms with van der Waals surface area (Å²) in [5.41, 5.74) is -0.500. The predicted molar refractivity (Wildman–Crippen MR) is 114 cm³/mol. The van der Waals surface area contributed by atoms with Crippen molar-refractivity contribution in [3.05, 3.63) is 79.7 Å². The predicted octanol–water partition coefficient (Wildman–Crippen LogP) is 8.43. The summed E-state index contributed by atoms with van der Waals surface area (Å²) < 4.78 is 0. The van der Waals surface area contributed by atoms with E-state index in [1.165, 1.54) is 0 Å². The van der Waals surface area contributed by atoms with Gasteiger partial charge in [-0.25, -0.2) is 0 Å². The van der Waals surface area contributed by atoms with Gasteiger partial charge in [-0.2, -0.15) is 0 Å². The molecule has 0 N–H and O–H groups in total. The molecule has 0 bridgehead atoms. The fourth-order valence-corrected chi connectivity index (χ4v) is 0. The van der Waals surface area contributed by atoms with Crippen LogP contribution in [0.15, 0.2) is 0 Å². The molecule has 0 aliphatic rings. The quantitative estimate of drug-likeness (QED) is 0.214. The van der Waals surface area contributed by atoms with Gasteiger partial charge in [0.1, 0.15) is 0 Å². The molecule has 0 fully saturated rings. The third kappa shape index (κ3) is 644. The van der Waals surface area contributed by atoms with Gasteiger partial charge in [0.15, 0.2) is 0 Å². The third-order valence-corrected chi connectivity index (χ3v) is 0. The fourth-order valence-electron chi connectivity index (χ4n) is 0. The molecule has 0 heterocycles. The average Bonchev–Trinajstić information content (AvgIpc) is 2.14. The molecule has 0 unspecified atom stereocenters. The minimum atomic E-state index is -0.500. The summed E-state index contributed by atoms with van der Waals surface area (Å²) in [6.07, 6.45) is 0. The maximum atomic E-state index is 3.44. The van der Waals surface area contributed by atoms with Gasteiger partial charge >= 0.3 is 0 Å². The normalized spacial score (nSPS) is 1.12. The van der Waals surface area contributed by atoms with Gasteiger partial charge in [0.05, 0.1) is 0 Å². The van der Waals surface area contributed by atoms with Crippen LogP contribution in [0.5, 0.6) is 0 Å². The summed E-state index contributed by atoms with van der Waals surface area (Å²) in [6.45, 7) is 29.8. The van der Waals surface area contributed by atoms with Crippen molar-refractivity contribution in [2.45, 2.75) is 55.4 Å². The molecule has 0 nitrogen and oxygen atoms in total. The zero-order valence-corrected chi connectivity index (χ0v) is 206. The second-order valence-electron chi connectivity index (χ2n) is 1.50. The Balaban J connectivity index is -0.000000000138. The van der Waals surface area contributed by atoms with Crippen molar-refractivity contribution >= 4 is 0 Å². The van der Waals surface area contributed by atoms with Crippen LogP contribution in [0, 0.1) is 85.1 Å². The van der Waals surface area contributed by atoms with Crippen molar-refractivity contribution in [2.24, 2.45) is 5.41 Å². The van der Waals surface area contributed by atoms with Crippen molar-refractivity contribution in [1.82, 2.24) is 0 Å². The van der Waals surface area contributed by atoms with E-state index in [9.17, 15) is 0 Å². The standard InChI is InChI=1S/C5H8.4C2H6.7CH3.55Y/c1-5(2,3)4;4*1-2;;;;;;;;;;;;;;;;;;;;;;;;;;;;;;;;;;;;;;;;;;;;;;;;;;;;;;;;;;;;;;/h1-4H2;4*1-2H3;7*1H3;;;;;;;;;;;;;;;;;;;;;;;;;;;;;;;;;;;;;;;;;;;;;;;;;;;;;;;/q-4;;;;;7*-1;;;;;;;;;;;;;;;;;;;;;;;;;;;;;;;;;;;;;;;;;;;;;;;;;;;;;;;. The molecule has 55 heteroatoms. The van der Waals surface area contributed by atoms with Gasteiger partial charge in [-0.05, 0) is 0 Å². The monoisotopic (exact) mass is 5180 g/mol. The van der Waals surface area contributed by atoms with Crippen molar-refractivity contribution in [3.8, 4) is 0 Å². The van der Waals surface area contributed by atoms with Gasteiger partial charge in [0.25, 0.3) is 0 Å². The molecule has 0 aliphatic heterocycles. The maximum absolute atomic E-state index is 3.44. The van der Waals surface area contributed by atoms with Crippen LogP contribution in [0.25, 0.3) is 0 Å². The van der Waals surface area contributed by atoms with E-state index in [0.717, 1.165) is 0 Å². The molecule has 0 saturated heterocycles. The summed E-state index contributed by atoms with van der Waals surface area (Å²) in [5.74, 6) is 0. The van der Waals surface area contributed by atoms with Gasteiger partial charge in [-0.1, -0.05) is 55.4 Å². The first-order valence-corrected chi connectivity index (χ1v) is 5.41. The molecular formula is C20H53Y55-11. The Hall–Kier alpha value is 60.7. The van der Waals surface area contributed by atoms with Gasteiger partial charge in [-0.15, -0.1) is 0 Å². The fraction of sp³-hybridized carbons (Fsp3) is 0.450. The largest absolute Gasteiger partial charge is 0.584 e. The van der Waals surface area contributed by atoms with Crippen LogP contribution >= 0.6 is 0 Å². The summed E-state index contributed by atoms with van der Waals surface area (Å²) >= 11 is 0. The topological polar surface area (TPSA) is 0 Å². The first kappa shape index (κ1) is 522. The van der Waals surface area contributed by atoms with E-state index >= 15 is 0 Å². The number of hydrogen-bond donors (Lipinski definition) is 0. The van der Waals surface area contributed by atoms with Crippen LogP contribution in [0.1, 0.15) is 55.4 Å². The Bertz CT molecular complexity index is 78.3. The molecule has 55 radical (unpaired) electrons. The smallest absolute Gasteiger partial charge is 0 e. The Morgan fingerprint density at radius 1 is 0.107 bits per heavy atom. The Labute approximate surface area is 1870 Å². The molecule has 0 aliphatic carbocycles. The summed E-state index contributed by atoms with van der Waals surface area (Å²) in [7, 11) is 0. The summed E-state index contributed by atoms with van der Waals surface area (Å²) in [6, 6.07) is 0. The molecule has 0 aromatic heterocycles. The van der Waals surface area contributed by atoms with Crippen LogP contribution in [0.3, 0.4) is 0 Å². The first-order chi connectivity index (χ1) is 6.00. The molecule has 0 aromatic carbocycles. The van der Waals surface area contributed by atoms with Crippen LogP contribution in [0.2, 0.25) is 0 Å². The molecule has 0 saturated carbocycles. The zero-order chi connectivity index (χ0) is 12.5. The molecule has 75 heavy (non-hydrogen) atoms. The van der Waals surface area contributed by atoms with Gasteiger partial charge in [0, 0.05) is 1800 Å². The Morgan fingerprint density at radius 2 is 0.107 bits per heavy atom. The van der Waals surface area contributed by atoms with Gasteiger partial charge in [0.2, 0.25) is 0 Å².